The molecule has 0 bridgehead atoms. The molecule has 5 heteroatoms. The van der Waals surface area contributed by atoms with Gasteiger partial charge in [-0.1, -0.05) is 97.1 Å². The Balaban J connectivity index is 1.26. The van der Waals surface area contributed by atoms with Crippen LogP contribution in [-0.2, 0) is 0 Å². The third kappa shape index (κ3) is 5.46. The van der Waals surface area contributed by atoms with E-state index in [1.54, 1.807) is 6.20 Å². The van der Waals surface area contributed by atoms with Gasteiger partial charge in [0.05, 0.1) is 17.1 Å². The van der Waals surface area contributed by atoms with Gasteiger partial charge in [-0.25, -0.2) is 0 Å². The standard InChI is InChI=1S/C43H35N5/c44-39(33-14-11-24-46-29-33)27-30(32-13-10-23-45-28-32)22-25-47-40-20-8-6-18-36(40)38-26-31-12-4-5-17-35(31)43-42(38)37-19-7-9-21-41(37)48(43)34-15-2-1-3-16-34/h1-27,29,39,45,47H,28,44H2/b25-22+,30-27+. The van der Waals surface area contributed by atoms with Crippen molar-refractivity contribution in [1.29, 1.82) is 0 Å². The molecular weight excluding hydrogens is 587 g/mol. The number of allylic oxidation sites excluding steroid dienone is 3. The number of nitrogens with two attached hydrogens (primary N) is 1. The first kappa shape index (κ1) is 29.2. The maximum atomic E-state index is 6.63. The fourth-order valence-electron chi connectivity index (χ4n) is 6.75. The fraction of sp³-hybridized carbons (Fsp3) is 0.0465. The van der Waals surface area contributed by atoms with E-state index in [9.17, 15) is 0 Å². The van der Waals surface area contributed by atoms with Gasteiger partial charge in [-0.2, -0.15) is 0 Å². The predicted octanol–water partition coefficient (Wildman–Crippen LogP) is 9.59. The van der Waals surface area contributed by atoms with Gasteiger partial charge in [0.25, 0.3) is 0 Å². The van der Waals surface area contributed by atoms with Crippen molar-refractivity contribution in [1.82, 2.24) is 14.9 Å². The van der Waals surface area contributed by atoms with Gasteiger partial charge in [0.15, 0.2) is 0 Å². The molecule has 0 saturated heterocycles. The molecule has 0 aliphatic carbocycles. The van der Waals surface area contributed by atoms with Gasteiger partial charge in [-0.15, -0.1) is 0 Å². The van der Waals surface area contributed by atoms with Gasteiger partial charge in [0.2, 0.25) is 0 Å². The summed E-state index contributed by atoms with van der Waals surface area (Å²) in [6, 6.07) is 42.6. The van der Waals surface area contributed by atoms with E-state index in [2.05, 4.69) is 148 Å². The van der Waals surface area contributed by atoms with Crippen LogP contribution in [0.25, 0.3) is 49.4 Å². The van der Waals surface area contributed by atoms with Crippen LogP contribution in [0.1, 0.15) is 11.6 Å². The highest BCUT2D eigenvalue weighted by Gasteiger charge is 2.20. The predicted molar refractivity (Wildman–Crippen MR) is 201 cm³/mol. The summed E-state index contributed by atoms with van der Waals surface area (Å²) in [5, 5.41) is 11.9. The molecule has 0 saturated carbocycles. The number of hydrogen-bond donors (Lipinski definition) is 3. The summed E-state index contributed by atoms with van der Waals surface area (Å²) in [4.78, 5) is 4.26. The normalized spacial score (nSPS) is 14.0. The van der Waals surface area contributed by atoms with Crippen LogP contribution in [0.5, 0.6) is 0 Å². The van der Waals surface area contributed by atoms with Crippen LogP contribution in [0, 0.1) is 0 Å². The zero-order chi connectivity index (χ0) is 32.3. The largest absolute Gasteiger partial charge is 0.387 e. The minimum absolute atomic E-state index is 0.287. The Labute approximate surface area is 280 Å². The minimum atomic E-state index is -0.287. The van der Waals surface area contributed by atoms with Gasteiger partial charge in [0, 0.05) is 58.2 Å². The van der Waals surface area contributed by atoms with Crippen LogP contribution in [0.3, 0.4) is 0 Å². The Bertz CT molecular complexity index is 2380. The summed E-state index contributed by atoms with van der Waals surface area (Å²) < 4.78 is 2.41. The summed E-state index contributed by atoms with van der Waals surface area (Å²) in [7, 11) is 0. The Hall–Kier alpha value is -6.17. The van der Waals surface area contributed by atoms with Gasteiger partial charge in [-0.3, -0.25) is 4.98 Å². The summed E-state index contributed by atoms with van der Waals surface area (Å²) in [5.74, 6) is 0. The molecule has 2 aromatic heterocycles. The molecule has 0 spiro atoms. The molecule has 0 radical (unpaired) electrons. The first-order valence-electron chi connectivity index (χ1n) is 16.3. The van der Waals surface area contributed by atoms with E-state index in [1.807, 2.05) is 36.8 Å². The van der Waals surface area contributed by atoms with E-state index >= 15 is 0 Å². The van der Waals surface area contributed by atoms with Crippen molar-refractivity contribution in [3.63, 3.8) is 0 Å². The number of fused-ring (bicyclic) bond motifs is 5. The summed E-state index contributed by atoms with van der Waals surface area (Å²) >= 11 is 0. The molecule has 8 rings (SSSR count). The quantitative estimate of drug-likeness (QED) is 0.148. The second-order valence-electron chi connectivity index (χ2n) is 11.9. The number of nitrogens with zero attached hydrogens (tertiary/aromatic N) is 2. The molecule has 7 aromatic rings. The van der Waals surface area contributed by atoms with Crippen LogP contribution in [0.4, 0.5) is 5.69 Å². The summed E-state index contributed by atoms with van der Waals surface area (Å²) in [6.45, 7) is 0.726. The molecular formula is C43H35N5. The van der Waals surface area contributed by atoms with Gasteiger partial charge < -0.3 is 20.9 Å². The summed E-state index contributed by atoms with van der Waals surface area (Å²) in [6.07, 6.45) is 15.9. The number of pyridine rings is 1. The second kappa shape index (κ2) is 12.9. The fourth-order valence-corrected chi connectivity index (χ4v) is 6.75. The lowest BCUT2D eigenvalue weighted by Crippen LogP contribution is -2.15. The molecule has 1 aliphatic heterocycles. The smallest absolute Gasteiger partial charge is 0.0625 e. The topological polar surface area (TPSA) is 67.9 Å². The molecule has 3 heterocycles. The molecule has 5 aromatic carbocycles. The molecule has 5 nitrogen and oxygen atoms in total. The second-order valence-corrected chi connectivity index (χ2v) is 11.9. The molecule has 0 amide bonds. The van der Waals surface area contributed by atoms with Crippen LogP contribution >= 0.6 is 0 Å². The molecule has 1 aliphatic rings. The number of nitrogens with one attached hydrogen (secondary N) is 2. The molecule has 0 fully saturated rings. The Morgan fingerprint density at radius 2 is 1.62 bits per heavy atom. The lowest BCUT2D eigenvalue weighted by molar-refractivity contribution is 0.882. The monoisotopic (exact) mass is 621 g/mol. The van der Waals surface area contributed by atoms with Gasteiger partial charge in [-0.05, 0) is 82.4 Å². The molecule has 4 N–H and O–H groups in total. The van der Waals surface area contributed by atoms with E-state index in [-0.39, 0.29) is 6.04 Å². The maximum absolute atomic E-state index is 6.63. The third-order valence-corrected chi connectivity index (χ3v) is 9.00. The molecule has 1 unspecified atom stereocenters. The van der Waals surface area contributed by atoms with Crippen molar-refractivity contribution >= 4 is 38.3 Å². The van der Waals surface area contributed by atoms with Gasteiger partial charge in [0.1, 0.15) is 0 Å². The van der Waals surface area contributed by atoms with Crippen molar-refractivity contribution in [2.45, 2.75) is 6.04 Å². The Kier molecular flexibility index (Phi) is 7.87. The van der Waals surface area contributed by atoms with Gasteiger partial charge >= 0.3 is 0 Å². The average molecular weight is 622 g/mol. The highest BCUT2D eigenvalue weighted by atomic mass is 15.0. The SMILES string of the molecule is NC(/C=C(\C=C\Nc1ccccc1-c1cc2ccccc2c2c1c1ccccc1n2-c1ccccc1)C1=CC=CNC1)c1cccnc1. The number of dihydropyridines is 1. The van der Waals surface area contributed by atoms with E-state index in [4.69, 9.17) is 5.73 Å². The van der Waals surface area contributed by atoms with Crippen molar-refractivity contribution < 1.29 is 0 Å². The third-order valence-electron chi connectivity index (χ3n) is 9.00. The minimum Gasteiger partial charge on any atom is -0.387 e. The Morgan fingerprint density at radius 1 is 0.833 bits per heavy atom. The van der Waals surface area contributed by atoms with Crippen LogP contribution in [-0.4, -0.2) is 16.1 Å². The number of aromatic nitrogens is 2. The average Bonchev–Trinajstić information content (AvgIpc) is 3.51. The molecule has 232 valence electrons. The summed E-state index contributed by atoms with van der Waals surface area (Å²) in [5.41, 5.74) is 16.7. The lowest BCUT2D eigenvalue weighted by atomic mass is 9.94. The van der Waals surface area contributed by atoms with E-state index in [1.165, 1.54) is 38.1 Å². The highest BCUT2D eigenvalue weighted by Crippen LogP contribution is 2.44. The lowest BCUT2D eigenvalue weighted by Gasteiger charge is -2.16. The van der Waals surface area contributed by atoms with E-state index in [0.29, 0.717) is 0 Å². The zero-order valence-corrected chi connectivity index (χ0v) is 26.4. The van der Waals surface area contributed by atoms with Crippen LogP contribution in [0.15, 0.2) is 182 Å². The van der Waals surface area contributed by atoms with Crippen LogP contribution in [0.2, 0.25) is 0 Å². The Morgan fingerprint density at radius 3 is 2.46 bits per heavy atom. The highest BCUT2D eigenvalue weighted by molar-refractivity contribution is 6.24. The van der Waals surface area contributed by atoms with Crippen molar-refractivity contribution in [2.24, 2.45) is 5.73 Å². The number of rotatable bonds is 8. The molecule has 48 heavy (non-hydrogen) atoms. The zero-order valence-electron chi connectivity index (χ0n) is 26.4. The van der Waals surface area contributed by atoms with Crippen molar-refractivity contribution in [3.8, 4) is 16.8 Å². The van der Waals surface area contributed by atoms with E-state index in [0.717, 1.165) is 40.2 Å². The first-order chi connectivity index (χ1) is 23.8. The van der Waals surface area contributed by atoms with Crippen molar-refractivity contribution in [3.05, 3.63) is 187 Å². The maximum Gasteiger partial charge on any atom is 0.0625 e. The number of anilines is 1. The van der Waals surface area contributed by atoms with Crippen molar-refractivity contribution in [2.75, 3.05) is 11.9 Å². The van der Waals surface area contributed by atoms with Crippen LogP contribution < -0.4 is 16.4 Å². The number of para-hydroxylation sites is 3. The van der Waals surface area contributed by atoms with E-state index < -0.39 is 0 Å². The number of benzene rings is 5. The molecule has 1 atom stereocenters. The first-order valence-corrected chi connectivity index (χ1v) is 16.3. The number of hydrogen-bond acceptors (Lipinski definition) is 4.